The summed E-state index contributed by atoms with van der Waals surface area (Å²) in [6.07, 6.45) is 0.521. The number of hydrogen-bond acceptors (Lipinski definition) is 5. The van der Waals surface area contributed by atoms with Gasteiger partial charge in [0.05, 0.1) is 13.2 Å². The largest absolute Gasteiger partial charge is 0.464 e. The third-order valence-electron chi connectivity index (χ3n) is 5.63. The zero-order valence-electron chi connectivity index (χ0n) is 19.5. The number of ether oxygens (including phenoxy) is 2. The molecule has 2 aromatic rings. The second-order valence-electron chi connectivity index (χ2n) is 7.58. The Labute approximate surface area is 188 Å². The molecule has 2 rings (SSSR count). The highest BCUT2D eigenvalue weighted by atomic mass is 19.1. The van der Waals surface area contributed by atoms with Gasteiger partial charge in [0, 0.05) is 43.6 Å². The predicted molar refractivity (Wildman–Crippen MR) is 119 cm³/mol. The number of hydrogen-bond donors (Lipinski definition) is 0. The number of esters is 1. The van der Waals surface area contributed by atoms with Gasteiger partial charge >= 0.3 is 5.97 Å². The Hall–Kier alpha value is -3.00. The number of carbonyl (C=O) groups excluding carboxylic acids is 3. The minimum absolute atomic E-state index is 0.165. The van der Waals surface area contributed by atoms with Gasteiger partial charge in [-0.15, -0.1) is 0 Å². The molecule has 0 aliphatic carbocycles. The van der Waals surface area contributed by atoms with E-state index in [2.05, 4.69) is 0 Å². The Bertz CT molecular complexity index is 999. The first-order chi connectivity index (χ1) is 15.1. The Morgan fingerprint density at radius 3 is 2.50 bits per heavy atom. The number of ketones is 1. The Balaban J connectivity index is 2.42. The van der Waals surface area contributed by atoms with E-state index in [1.165, 1.54) is 30.2 Å². The average Bonchev–Trinajstić information content (AvgIpc) is 3.00. The van der Waals surface area contributed by atoms with Crippen LogP contribution in [0.4, 0.5) is 4.39 Å². The van der Waals surface area contributed by atoms with E-state index in [9.17, 15) is 18.8 Å². The van der Waals surface area contributed by atoms with Crippen molar-refractivity contribution in [1.29, 1.82) is 0 Å². The number of halogens is 1. The highest BCUT2D eigenvalue weighted by molar-refractivity contribution is 6.07. The molecule has 1 aromatic heterocycles. The fourth-order valence-corrected chi connectivity index (χ4v) is 3.82. The lowest BCUT2D eigenvalue weighted by Crippen LogP contribution is -2.44. The molecule has 0 spiro atoms. The van der Waals surface area contributed by atoms with Crippen molar-refractivity contribution in [3.8, 4) is 0 Å². The molecule has 8 heteroatoms. The number of rotatable bonds is 10. The molecule has 0 radical (unpaired) electrons. The van der Waals surface area contributed by atoms with Crippen LogP contribution >= 0.6 is 0 Å². The van der Waals surface area contributed by atoms with Gasteiger partial charge in [-0.1, -0.05) is 6.07 Å². The SMILES string of the molecule is CCOCCCN(C(=O)c1cccc(F)c1)C(C)C(=O)c1c(C)c(C(=O)OC)n(C)c1C. The summed E-state index contributed by atoms with van der Waals surface area (Å²) in [6, 6.07) is 4.56. The summed E-state index contributed by atoms with van der Waals surface area (Å²) in [7, 11) is 2.97. The van der Waals surface area contributed by atoms with Crippen molar-refractivity contribution in [1.82, 2.24) is 9.47 Å². The number of methoxy groups -OCH3 is 1. The molecular weight excluding hydrogens is 415 g/mol. The van der Waals surface area contributed by atoms with Crippen molar-refractivity contribution < 1.29 is 28.2 Å². The lowest BCUT2D eigenvalue weighted by molar-refractivity contribution is 0.0585. The lowest BCUT2D eigenvalue weighted by Gasteiger charge is -2.29. The van der Waals surface area contributed by atoms with Crippen LogP contribution in [0.2, 0.25) is 0 Å². The van der Waals surface area contributed by atoms with Crippen LogP contribution in [0.5, 0.6) is 0 Å². The average molecular weight is 447 g/mol. The molecule has 1 aromatic carbocycles. The van der Waals surface area contributed by atoms with E-state index in [0.29, 0.717) is 42.1 Å². The Morgan fingerprint density at radius 2 is 1.91 bits per heavy atom. The monoisotopic (exact) mass is 446 g/mol. The standard InChI is InChI=1S/C24H31FN2O5/c1-7-32-13-9-12-27(23(29)18-10-8-11-19(25)14-18)17(4)22(28)20-15(2)21(24(30)31-6)26(5)16(20)3/h8,10-11,14,17H,7,9,12-13H2,1-6H3. The quantitative estimate of drug-likeness (QED) is 0.316. The topological polar surface area (TPSA) is 77.8 Å². The molecule has 0 N–H and O–H groups in total. The highest BCUT2D eigenvalue weighted by Gasteiger charge is 2.32. The number of carbonyl (C=O) groups is 3. The van der Waals surface area contributed by atoms with Crippen LogP contribution in [0, 0.1) is 19.7 Å². The number of nitrogens with zero attached hydrogens (tertiary/aromatic N) is 2. The third-order valence-corrected chi connectivity index (χ3v) is 5.63. The molecule has 174 valence electrons. The van der Waals surface area contributed by atoms with Gasteiger partial charge in [0.15, 0.2) is 5.78 Å². The van der Waals surface area contributed by atoms with Gasteiger partial charge in [-0.2, -0.15) is 0 Å². The van der Waals surface area contributed by atoms with E-state index in [1.807, 2.05) is 6.92 Å². The minimum Gasteiger partial charge on any atom is -0.464 e. The van der Waals surface area contributed by atoms with Crippen LogP contribution in [-0.2, 0) is 16.5 Å². The molecule has 1 heterocycles. The molecule has 1 unspecified atom stereocenters. The summed E-state index contributed by atoms with van der Waals surface area (Å²) in [5, 5.41) is 0. The molecule has 7 nitrogen and oxygen atoms in total. The summed E-state index contributed by atoms with van der Waals surface area (Å²) in [4.78, 5) is 40.4. The Morgan fingerprint density at radius 1 is 1.22 bits per heavy atom. The second kappa shape index (κ2) is 11.0. The van der Waals surface area contributed by atoms with Crippen molar-refractivity contribution in [2.24, 2.45) is 7.05 Å². The molecular formula is C24H31FN2O5. The fraction of sp³-hybridized carbons (Fsp3) is 0.458. The van der Waals surface area contributed by atoms with Crippen LogP contribution in [0.3, 0.4) is 0 Å². The van der Waals surface area contributed by atoms with E-state index < -0.39 is 23.7 Å². The maximum absolute atomic E-state index is 13.7. The Kier molecular flexibility index (Phi) is 8.72. The summed E-state index contributed by atoms with van der Waals surface area (Å²) >= 11 is 0. The summed E-state index contributed by atoms with van der Waals surface area (Å²) in [5.41, 5.74) is 1.94. The molecule has 1 atom stereocenters. The molecule has 32 heavy (non-hydrogen) atoms. The van der Waals surface area contributed by atoms with Crippen molar-refractivity contribution in [2.75, 3.05) is 26.9 Å². The van der Waals surface area contributed by atoms with Gasteiger partial charge in [0.1, 0.15) is 11.5 Å². The molecule has 0 aliphatic rings. The van der Waals surface area contributed by atoms with E-state index in [0.717, 1.165) is 6.07 Å². The van der Waals surface area contributed by atoms with Gasteiger partial charge in [-0.05, 0) is 57.9 Å². The van der Waals surface area contributed by atoms with Crippen LogP contribution < -0.4 is 0 Å². The second-order valence-corrected chi connectivity index (χ2v) is 7.58. The van der Waals surface area contributed by atoms with Crippen LogP contribution in [0.25, 0.3) is 0 Å². The minimum atomic E-state index is -0.835. The van der Waals surface area contributed by atoms with Crippen LogP contribution in [-0.4, -0.2) is 60.0 Å². The van der Waals surface area contributed by atoms with Gasteiger partial charge < -0.3 is 18.9 Å². The first kappa shape index (κ1) is 25.3. The van der Waals surface area contributed by atoms with Crippen LogP contribution in [0.15, 0.2) is 24.3 Å². The fourth-order valence-electron chi connectivity index (χ4n) is 3.82. The van der Waals surface area contributed by atoms with E-state index in [4.69, 9.17) is 9.47 Å². The van der Waals surface area contributed by atoms with E-state index in [1.54, 1.807) is 32.4 Å². The molecule has 0 aliphatic heterocycles. The van der Waals surface area contributed by atoms with E-state index in [-0.39, 0.29) is 17.9 Å². The van der Waals surface area contributed by atoms with Gasteiger partial charge in [0.2, 0.25) is 0 Å². The van der Waals surface area contributed by atoms with Gasteiger partial charge in [-0.25, -0.2) is 9.18 Å². The smallest absolute Gasteiger partial charge is 0.354 e. The van der Waals surface area contributed by atoms with Crippen molar-refractivity contribution >= 4 is 17.7 Å². The lowest BCUT2D eigenvalue weighted by atomic mass is 9.99. The van der Waals surface area contributed by atoms with Crippen molar-refractivity contribution in [3.05, 3.63) is 58.2 Å². The molecule has 0 saturated heterocycles. The zero-order valence-corrected chi connectivity index (χ0v) is 19.5. The summed E-state index contributed by atoms with van der Waals surface area (Å²) in [5.74, 6) is -1.81. The predicted octanol–water partition coefficient (Wildman–Crippen LogP) is 3.71. The molecule has 1 amide bonds. The van der Waals surface area contributed by atoms with Gasteiger partial charge in [0.25, 0.3) is 5.91 Å². The molecule has 0 bridgehead atoms. The molecule has 0 fully saturated rings. The molecule has 0 saturated carbocycles. The third kappa shape index (κ3) is 5.24. The maximum Gasteiger partial charge on any atom is 0.354 e. The number of benzene rings is 1. The van der Waals surface area contributed by atoms with Crippen LogP contribution in [0.1, 0.15) is 62.7 Å². The number of aromatic nitrogens is 1. The van der Waals surface area contributed by atoms with Crippen molar-refractivity contribution in [3.63, 3.8) is 0 Å². The van der Waals surface area contributed by atoms with E-state index >= 15 is 0 Å². The number of Topliss-reactive ketones (excluding diaryl/α,β-unsaturated/α-hetero) is 1. The maximum atomic E-state index is 13.7. The zero-order chi connectivity index (χ0) is 24.0. The first-order valence-corrected chi connectivity index (χ1v) is 10.6. The van der Waals surface area contributed by atoms with Gasteiger partial charge in [-0.3, -0.25) is 9.59 Å². The number of amides is 1. The normalized spacial score (nSPS) is 11.8. The first-order valence-electron chi connectivity index (χ1n) is 10.6. The summed E-state index contributed by atoms with van der Waals surface area (Å²) < 4.78 is 25.6. The van der Waals surface area contributed by atoms with Crippen molar-refractivity contribution in [2.45, 2.75) is 40.2 Å². The highest BCUT2D eigenvalue weighted by Crippen LogP contribution is 2.25. The summed E-state index contributed by atoms with van der Waals surface area (Å²) in [6.45, 7) is 8.19.